The third-order valence-corrected chi connectivity index (χ3v) is 5.60. The Kier molecular flexibility index (Phi) is 5.71. The number of benzene rings is 2. The van der Waals surface area contributed by atoms with Gasteiger partial charge < -0.3 is 45.2 Å². The quantitative estimate of drug-likeness (QED) is 0.317. The lowest BCUT2D eigenvalue weighted by molar-refractivity contribution is -0.309. The summed E-state index contributed by atoms with van der Waals surface area (Å²) in [5.74, 6) is -1.43. The van der Waals surface area contributed by atoms with E-state index in [0.717, 1.165) is 0 Å². The summed E-state index contributed by atoms with van der Waals surface area (Å²) in [6.45, 7) is -1.09. The first-order valence-corrected chi connectivity index (χ1v) is 9.57. The number of aliphatic hydroxyl groups excluding tert-OH is 5. The van der Waals surface area contributed by atoms with Crippen molar-refractivity contribution >= 4 is 5.78 Å². The molecule has 0 radical (unpaired) electrons. The van der Waals surface area contributed by atoms with Crippen LogP contribution in [0.25, 0.3) is 0 Å². The molecule has 0 spiro atoms. The molecule has 0 saturated carbocycles. The third kappa shape index (κ3) is 3.48. The van der Waals surface area contributed by atoms with Gasteiger partial charge in [-0.15, -0.1) is 0 Å². The lowest BCUT2D eigenvalue weighted by Gasteiger charge is -2.41. The van der Waals surface area contributed by atoms with E-state index >= 15 is 0 Å². The second-order valence-corrected chi connectivity index (χ2v) is 7.52. The fourth-order valence-electron chi connectivity index (χ4n) is 4.03. The SMILES string of the molecule is O=C1c2c(O)cccc2[C@@H](O[C@@H]2O[C@@H](CO)[C@H](O)[C@@H](O)[C@@H]2O)c2cc(CO)cc(O)c21. The first-order chi connectivity index (χ1) is 14.8. The molecule has 31 heavy (non-hydrogen) atoms. The summed E-state index contributed by atoms with van der Waals surface area (Å²) >= 11 is 0. The van der Waals surface area contributed by atoms with Crippen LogP contribution in [0, 0.1) is 0 Å². The molecule has 4 rings (SSSR count). The van der Waals surface area contributed by atoms with Crippen LogP contribution in [0.15, 0.2) is 30.3 Å². The molecular weight excluding hydrogens is 412 g/mol. The first kappa shape index (κ1) is 21.7. The van der Waals surface area contributed by atoms with Gasteiger partial charge in [0.25, 0.3) is 0 Å². The molecule has 1 aliphatic heterocycles. The second kappa shape index (κ2) is 8.17. The monoisotopic (exact) mass is 434 g/mol. The number of aliphatic hydroxyl groups is 5. The summed E-state index contributed by atoms with van der Waals surface area (Å²) in [5, 5.41) is 70.1. The summed E-state index contributed by atoms with van der Waals surface area (Å²) in [4.78, 5) is 13.0. The van der Waals surface area contributed by atoms with Crippen molar-refractivity contribution in [2.75, 3.05) is 6.61 Å². The molecule has 0 amide bonds. The molecule has 0 bridgehead atoms. The zero-order valence-corrected chi connectivity index (χ0v) is 16.1. The molecule has 1 aliphatic carbocycles. The molecule has 0 unspecified atom stereocenters. The number of hydrogen-bond donors (Lipinski definition) is 7. The number of phenolic OH excluding ortho intramolecular Hbond substituents is 2. The fraction of sp³-hybridized carbons (Fsp3) is 0.381. The van der Waals surface area contributed by atoms with E-state index in [1.807, 2.05) is 0 Å². The van der Waals surface area contributed by atoms with Gasteiger partial charge >= 0.3 is 0 Å². The maximum atomic E-state index is 13.0. The van der Waals surface area contributed by atoms with Crippen LogP contribution in [0.3, 0.4) is 0 Å². The first-order valence-electron chi connectivity index (χ1n) is 9.57. The van der Waals surface area contributed by atoms with Gasteiger partial charge in [-0.05, 0) is 23.8 Å². The summed E-state index contributed by atoms with van der Waals surface area (Å²) in [6, 6.07) is 6.94. The summed E-state index contributed by atoms with van der Waals surface area (Å²) in [6.07, 6.45) is -8.86. The van der Waals surface area contributed by atoms with Gasteiger partial charge in [0.1, 0.15) is 42.0 Å². The molecule has 7 N–H and O–H groups in total. The van der Waals surface area contributed by atoms with Crippen molar-refractivity contribution in [3.63, 3.8) is 0 Å². The highest BCUT2D eigenvalue weighted by Gasteiger charge is 2.46. The number of hydrogen-bond acceptors (Lipinski definition) is 10. The Bertz CT molecular complexity index is 1000. The van der Waals surface area contributed by atoms with Crippen LogP contribution in [0.1, 0.15) is 38.7 Å². The van der Waals surface area contributed by atoms with Crippen LogP contribution in [0.4, 0.5) is 0 Å². The van der Waals surface area contributed by atoms with Crippen LogP contribution in [0.5, 0.6) is 11.5 Å². The average molecular weight is 434 g/mol. The van der Waals surface area contributed by atoms with E-state index < -0.39 is 61.6 Å². The number of phenols is 2. The zero-order chi connectivity index (χ0) is 22.4. The van der Waals surface area contributed by atoms with Gasteiger partial charge in [0.15, 0.2) is 6.29 Å². The van der Waals surface area contributed by atoms with Gasteiger partial charge in [0, 0.05) is 11.1 Å². The Hall–Kier alpha value is -2.57. The summed E-state index contributed by atoms with van der Waals surface area (Å²) < 4.78 is 11.3. The van der Waals surface area contributed by atoms with Crippen LogP contribution in [-0.2, 0) is 16.1 Å². The number of rotatable bonds is 4. The van der Waals surface area contributed by atoms with E-state index in [4.69, 9.17) is 9.47 Å². The Balaban J connectivity index is 1.83. The molecule has 1 fully saturated rings. The minimum atomic E-state index is -1.70. The lowest BCUT2D eigenvalue weighted by atomic mass is 9.81. The Labute approximate surface area is 176 Å². The van der Waals surface area contributed by atoms with Crippen LogP contribution >= 0.6 is 0 Å². The summed E-state index contributed by atoms with van der Waals surface area (Å²) in [7, 11) is 0. The van der Waals surface area contributed by atoms with Crippen molar-refractivity contribution in [1.82, 2.24) is 0 Å². The predicted octanol–water partition coefficient (Wildman–Crippen LogP) is -0.960. The van der Waals surface area contributed by atoms with Crippen molar-refractivity contribution < 1.29 is 50.0 Å². The maximum Gasteiger partial charge on any atom is 0.201 e. The van der Waals surface area contributed by atoms with Crippen molar-refractivity contribution in [1.29, 1.82) is 0 Å². The van der Waals surface area contributed by atoms with Gasteiger partial charge in [-0.1, -0.05) is 12.1 Å². The molecular formula is C21H22O10. The Morgan fingerprint density at radius 3 is 2.29 bits per heavy atom. The second-order valence-electron chi connectivity index (χ2n) is 7.52. The normalized spacial score (nSPS) is 30.0. The molecule has 1 saturated heterocycles. The van der Waals surface area contributed by atoms with E-state index in [9.17, 15) is 40.5 Å². The van der Waals surface area contributed by atoms with Gasteiger partial charge in [-0.3, -0.25) is 4.79 Å². The molecule has 10 heteroatoms. The molecule has 2 aromatic carbocycles. The number of carbonyl (C=O) groups is 1. The van der Waals surface area contributed by atoms with Crippen LogP contribution in [-0.4, -0.2) is 78.8 Å². The van der Waals surface area contributed by atoms with Crippen molar-refractivity contribution in [3.8, 4) is 11.5 Å². The molecule has 166 valence electrons. The molecule has 6 atom stereocenters. The Morgan fingerprint density at radius 1 is 0.903 bits per heavy atom. The lowest BCUT2D eigenvalue weighted by Crippen LogP contribution is -2.59. The standard InChI is InChI=1S/C21H22O10/c22-6-8-4-10-15(12(25)5-8)17(27)14-9(2-1-3-11(14)24)20(10)31-21-19(29)18(28)16(26)13(7-23)30-21/h1-5,13,16,18-26,28-29H,6-7H2/t13-,16-,18+,19-,20+,21-/m0/s1. The van der Waals surface area contributed by atoms with E-state index in [1.165, 1.54) is 30.3 Å². The number of ether oxygens (including phenoxy) is 2. The predicted molar refractivity (Wildman–Crippen MR) is 102 cm³/mol. The Morgan fingerprint density at radius 2 is 1.61 bits per heavy atom. The number of aromatic hydroxyl groups is 2. The minimum Gasteiger partial charge on any atom is -0.507 e. The van der Waals surface area contributed by atoms with Gasteiger partial charge in [0.2, 0.25) is 5.78 Å². The molecule has 10 nitrogen and oxygen atoms in total. The van der Waals surface area contributed by atoms with Gasteiger partial charge in [-0.25, -0.2) is 0 Å². The molecule has 2 aromatic rings. The number of carbonyl (C=O) groups excluding carboxylic acids is 1. The smallest absolute Gasteiger partial charge is 0.201 e. The van der Waals surface area contributed by atoms with Crippen LogP contribution in [0.2, 0.25) is 0 Å². The average Bonchev–Trinajstić information content (AvgIpc) is 2.75. The van der Waals surface area contributed by atoms with Gasteiger partial charge in [0.05, 0.1) is 24.3 Å². The molecule has 2 aliphatic rings. The van der Waals surface area contributed by atoms with Gasteiger partial charge in [-0.2, -0.15) is 0 Å². The molecule has 0 aromatic heterocycles. The van der Waals surface area contributed by atoms with Crippen molar-refractivity contribution in [2.24, 2.45) is 0 Å². The topological polar surface area (TPSA) is 177 Å². The van der Waals surface area contributed by atoms with Crippen LogP contribution < -0.4 is 0 Å². The highest BCUT2D eigenvalue weighted by atomic mass is 16.7. The number of fused-ring (bicyclic) bond motifs is 2. The van der Waals surface area contributed by atoms with E-state index in [2.05, 4.69) is 0 Å². The van der Waals surface area contributed by atoms with E-state index in [-0.39, 0.29) is 33.6 Å². The minimum absolute atomic E-state index is 0.114. The van der Waals surface area contributed by atoms with E-state index in [1.54, 1.807) is 0 Å². The van der Waals surface area contributed by atoms with Crippen molar-refractivity contribution in [2.45, 2.75) is 43.4 Å². The highest BCUT2D eigenvalue weighted by molar-refractivity contribution is 6.15. The fourth-order valence-corrected chi connectivity index (χ4v) is 4.03. The number of ketones is 1. The van der Waals surface area contributed by atoms with E-state index in [0.29, 0.717) is 0 Å². The van der Waals surface area contributed by atoms with Crippen molar-refractivity contribution in [3.05, 3.63) is 58.1 Å². The third-order valence-electron chi connectivity index (χ3n) is 5.60. The largest absolute Gasteiger partial charge is 0.507 e. The molecule has 1 heterocycles. The highest BCUT2D eigenvalue weighted by Crippen LogP contribution is 2.45. The maximum absolute atomic E-state index is 13.0. The zero-order valence-electron chi connectivity index (χ0n) is 16.1. The summed E-state index contributed by atoms with van der Waals surface area (Å²) in [5.41, 5.74) is 0.389.